The minimum absolute atomic E-state index is 0.0106. The molecule has 0 aliphatic rings. The van der Waals surface area contributed by atoms with Crippen LogP contribution in [0, 0.1) is 0 Å². The van der Waals surface area contributed by atoms with Crippen LogP contribution in [0.1, 0.15) is 25.8 Å². The Morgan fingerprint density at radius 3 is 2.95 bits per heavy atom. The average molecular weight is 271 g/mol. The molecule has 0 fully saturated rings. The number of aromatic nitrogens is 2. The highest BCUT2D eigenvalue weighted by Gasteiger charge is 2.12. The topological polar surface area (TPSA) is 101 Å². The molecule has 3 N–H and O–H groups in total. The van der Waals surface area contributed by atoms with E-state index in [0.29, 0.717) is 19.0 Å². The summed E-state index contributed by atoms with van der Waals surface area (Å²) in [6.07, 6.45) is 0. The third-order valence-corrected chi connectivity index (χ3v) is 2.35. The van der Waals surface area contributed by atoms with Crippen LogP contribution < -0.4 is 16.0 Å². The van der Waals surface area contributed by atoms with E-state index in [4.69, 9.17) is 9.15 Å². The van der Waals surface area contributed by atoms with Gasteiger partial charge in [-0.1, -0.05) is 12.0 Å². The van der Waals surface area contributed by atoms with Crippen LogP contribution in [0.2, 0.25) is 0 Å². The number of ether oxygens (including phenoxy) is 1. The number of hydrogen-bond donors (Lipinski definition) is 3. The van der Waals surface area contributed by atoms with Gasteiger partial charge in [0.1, 0.15) is 0 Å². The lowest BCUT2D eigenvalue weighted by Gasteiger charge is -2.06. The minimum Gasteiger partial charge on any atom is -0.406 e. The molecule has 108 valence electrons. The van der Waals surface area contributed by atoms with E-state index in [1.165, 1.54) is 0 Å². The van der Waals surface area contributed by atoms with Crippen LogP contribution in [0.3, 0.4) is 0 Å². The van der Waals surface area contributed by atoms with Gasteiger partial charge >= 0.3 is 6.01 Å². The van der Waals surface area contributed by atoms with Crippen molar-refractivity contribution in [3.8, 4) is 0 Å². The molecular formula is C11H21N5O3. The molecular weight excluding hydrogens is 250 g/mol. The highest BCUT2D eigenvalue weighted by atomic mass is 16.5. The van der Waals surface area contributed by atoms with E-state index < -0.39 is 0 Å². The molecule has 1 aromatic rings. The maximum atomic E-state index is 11.4. The van der Waals surface area contributed by atoms with Gasteiger partial charge in [0.15, 0.2) is 0 Å². The fraction of sp³-hybridized carbons (Fsp3) is 0.727. The molecule has 1 heterocycles. The zero-order valence-corrected chi connectivity index (χ0v) is 11.5. The van der Waals surface area contributed by atoms with Gasteiger partial charge in [-0.25, -0.2) is 0 Å². The zero-order chi connectivity index (χ0) is 14.1. The van der Waals surface area contributed by atoms with Crippen LogP contribution in [0.15, 0.2) is 4.42 Å². The fourth-order valence-corrected chi connectivity index (χ4v) is 1.39. The Balaban J connectivity index is 2.31. The number of rotatable bonds is 9. The number of nitrogens with zero attached hydrogens (tertiary/aromatic N) is 2. The van der Waals surface area contributed by atoms with E-state index in [9.17, 15) is 4.79 Å². The molecule has 1 rings (SSSR count). The number of methoxy groups -OCH3 is 1. The molecule has 1 amide bonds. The maximum absolute atomic E-state index is 11.4. The summed E-state index contributed by atoms with van der Waals surface area (Å²) in [6, 6.07) is 0.227. The average Bonchev–Trinajstić information content (AvgIpc) is 2.86. The summed E-state index contributed by atoms with van der Waals surface area (Å²) in [4.78, 5) is 11.4. The smallest absolute Gasteiger partial charge is 0.315 e. The molecule has 19 heavy (non-hydrogen) atoms. The summed E-state index contributed by atoms with van der Waals surface area (Å²) in [5.74, 6) is 0.334. The highest BCUT2D eigenvalue weighted by Crippen LogP contribution is 2.12. The summed E-state index contributed by atoms with van der Waals surface area (Å²) in [6.45, 7) is 5.78. The zero-order valence-electron chi connectivity index (χ0n) is 11.5. The standard InChI is InChI=1S/C11H21N5O3/c1-4-12-8(2)10-15-16-11(19-10)14-7-9(17)13-5-6-18-3/h8,12H,4-7H2,1-3H3,(H,13,17)(H,14,16). The number of anilines is 1. The van der Waals surface area contributed by atoms with Crippen LogP contribution in [0.25, 0.3) is 0 Å². The molecule has 1 unspecified atom stereocenters. The van der Waals surface area contributed by atoms with E-state index in [-0.39, 0.29) is 24.5 Å². The summed E-state index contributed by atoms with van der Waals surface area (Å²) >= 11 is 0. The van der Waals surface area contributed by atoms with E-state index >= 15 is 0 Å². The van der Waals surface area contributed by atoms with Gasteiger partial charge in [-0.05, 0) is 13.5 Å². The molecule has 8 nitrogen and oxygen atoms in total. The van der Waals surface area contributed by atoms with Gasteiger partial charge in [0, 0.05) is 13.7 Å². The van der Waals surface area contributed by atoms with Crippen LogP contribution >= 0.6 is 0 Å². The summed E-state index contributed by atoms with van der Waals surface area (Å²) in [5, 5.41) is 16.3. The number of amides is 1. The first kappa shape index (κ1) is 15.4. The van der Waals surface area contributed by atoms with E-state index in [2.05, 4.69) is 26.1 Å². The van der Waals surface area contributed by atoms with Crippen molar-refractivity contribution in [1.82, 2.24) is 20.8 Å². The molecule has 0 aliphatic carbocycles. The van der Waals surface area contributed by atoms with Crippen LogP contribution in [0.4, 0.5) is 6.01 Å². The molecule has 1 aromatic heterocycles. The first-order valence-corrected chi connectivity index (χ1v) is 6.23. The first-order valence-electron chi connectivity index (χ1n) is 6.23. The predicted octanol–water partition coefficient (Wildman–Crippen LogP) is -0.0854. The Hall–Kier alpha value is -1.67. The molecule has 0 aromatic carbocycles. The van der Waals surface area contributed by atoms with Crippen LogP contribution in [-0.4, -0.2) is 49.5 Å². The van der Waals surface area contributed by atoms with Gasteiger partial charge < -0.3 is 25.1 Å². The number of carbonyl (C=O) groups is 1. The van der Waals surface area contributed by atoms with Crippen molar-refractivity contribution < 1.29 is 13.9 Å². The van der Waals surface area contributed by atoms with E-state index in [1.807, 2.05) is 13.8 Å². The lowest BCUT2D eigenvalue weighted by Crippen LogP contribution is -2.32. The minimum atomic E-state index is -0.156. The van der Waals surface area contributed by atoms with Crippen molar-refractivity contribution in [2.45, 2.75) is 19.9 Å². The third-order valence-electron chi connectivity index (χ3n) is 2.35. The van der Waals surface area contributed by atoms with Crippen molar-refractivity contribution in [3.63, 3.8) is 0 Å². The summed E-state index contributed by atoms with van der Waals surface area (Å²) in [5.41, 5.74) is 0. The van der Waals surface area contributed by atoms with Crippen LogP contribution in [-0.2, 0) is 9.53 Å². The summed E-state index contributed by atoms with van der Waals surface area (Å²) in [7, 11) is 1.58. The Morgan fingerprint density at radius 2 is 2.26 bits per heavy atom. The van der Waals surface area contributed by atoms with Crippen molar-refractivity contribution in [2.24, 2.45) is 0 Å². The van der Waals surface area contributed by atoms with Gasteiger partial charge in [0.05, 0.1) is 19.2 Å². The normalized spacial score (nSPS) is 12.2. The van der Waals surface area contributed by atoms with Crippen molar-refractivity contribution in [1.29, 1.82) is 0 Å². The summed E-state index contributed by atoms with van der Waals surface area (Å²) < 4.78 is 10.2. The van der Waals surface area contributed by atoms with Gasteiger partial charge in [-0.2, -0.15) is 0 Å². The van der Waals surface area contributed by atoms with E-state index in [0.717, 1.165) is 6.54 Å². The first-order chi connectivity index (χ1) is 9.17. The monoisotopic (exact) mass is 271 g/mol. The van der Waals surface area contributed by atoms with Gasteiger partial charge in [-0.15, -0.1) is 5.10 Å². The second kappa shape index (κ2) is 8.44. The van der Waals surface area contributed by atoms with Crippen LogP contribution in [0.5, 0.6) is 0 Å². The second-order valence-corrected chi connectivity index (χ2v) is 3.92. The van der Waals surface area contributed by atoms with E-state index in [1.54, 1.807) is 7.11 Å². The predicted molar refractivity (Wildman–Crippen MR) is 69.8 cm³/mol. The SMILES string of the molecule is CCNC(C)c1nnc(NCC(=O)NCCOC)o1. The Morgan fingerprint density at radius 1 is 1.47 bits per heavy atom. The molecule has 1 atom stereocenters. The fourth-order valence-electron chi connectivity index (χ4n) is 1.39. The number of nitrogens with one attached hydrogen (secondary N) is 3. The number of carbonyl (C=O) groups excluding carboxylic acids is 1. The quantitative estimate of drug-likeness (QED) is 0.540. The second-order valence-electron chi connectivity index (χ2n) is 3.92. The van der Waals surface area contributed by atoms with Gasteiger partial charge in [0.25, 0.3) is 0 Å². The van der Waals surface area contributed by atoms with Crippen molar-refractivity contribution in [3.05, 3.63) is 5.89 Å². The Labute approximate surface area is 112 Å². The number of hydrogen-bond acceptors (Lipinski definition) is 7. The van der Waals surface area contributed by atoms with Crippen molar-refractivity contribution in [2.75, 3.05) is 38.7 Å². The highest BCUT2D eigenvalue weighted by molar-refractivity contribution is 5.79. The third kappa shape index (κ3) is 5.66. The molecule has 0 bridgehead atoms. The molecule has 8 heteroatoms. The van der Waals surface area contributed by atoms with Gasteiger partial charge in [-0.3, -0.25) is 4.79 Å². The van der Waals surface area contributed by atoms with Crippen molar-refractivity contribution >= 4 is 11.9 Å². The lowest BCUT2D eigenvalue weighted by atomic mass is 10.3. The maximum Gasteiger partial charge on any atom is 0.315 e. The largest absolute Gasteiger partial charge is 0.406 e. The lowest BCUT2D eigenvalue weighted by molar-refractivity contribution is -0.119. The Bertz CT molecular complexity index is 382. The molecule has 0 spiro atoms. The Kier molecular flexibility index (Phi) is 6.83. The van der Waals surface area contributed by atoms with Gasteiger partial charge in [0.2, 0.25) is 11.8 Å². The molecule has 0 saturated carbocycles. The molecule has 0 radical (unpaired) electrons. The molecule has 0 aliphatic heterocycles. The molecule has 0 saturated heterocycles.